The molecule has 1 N–H and O–H groups in total. The number of anilines is 1. The van der Waals surface area contributed by atoms with Gasteiger partial charge in [0.2, 0.25) is 5.91 Å². The molecule has 35 heavy (non-hydrogen) atoms. The predicted octanol–water partition coefficient (Wildman–Crippen LogP) is 2.30. The Bertz CT molecular complexity index is 1280. The number of para-hydroxylation sites is 1. The van der Waals surface area contributed by atoms with E-state index in [4.69, 9.17) is 14.2 Å². The van der Waals surface area contributed by atoms with Gasteiger partial charge in [-0.15, -0.1) is 0 Å². The number of hydrogen-bond acceptors (Lipinski definition) is 7. The normalized spacial score (nSPS) is 13.5. The van der Waals surface area contributed by atoms with Gasteiger partial charge in [0.25, 0.3) is 11.5 Å². The molecule has 1 aromatic heterocycles. The molecule has 0 unspecified atom stereocenters. The molecule has 0 saturated carbocycles. The van der Waals surface area contributed by atoms with Crippen molar-refractivity contribution in [2.45, 2.75) is 19.4 Å². The number of methoxy groups -OCH3 is 2. The largest absolute Gasteiger partial charge is 0.493 e. The molecule has 0 bridgehead atoms. The first-order chi connectivity index (χ1) is 17.0. The van der Waals surface area contributed by atoms with Crippen LogP contribution in [0.1, 0.15) is 23.2 Å². The Kier molecular flexibility index (Phi) is 7.61. The number of ether oxygens (including phenoxy) is 3. The lowest BCUT2D eigenvalue weighted by atomic mass is 10.1. The van der Waals surface area contributed by atoms with Gasteiger partial charge >= 0.3 is 0 Å². The number of benzene rings is 2. The zero-order chi connectivity index (χ0) is 24.8. The second-order valence-corrected chi connectivity index (χ2v) is 8.07. The van der Waals surface area contributed by atoms with E-state index in [2.05, 4.69) is 10.3 Å². The maximum Gasteiger partial charge on any atom is 0.261 e. The van der Waals surface area contributed by atoms with Gasteiger partial charge in [-0.1, -0.05) is 12.1 Å². The molecular formula is C25H28N4O6. The molecule has 10 heteroatoms. The topological polar surface area (TPSA) is 112 Å². The Morgan fingerprint density at radius 1 is 1.09 bits per heavy atom. The Labute approximate surface area is 202 Å². The third-order valence-corrected chi connectivity index (χ3v) is 5.86. The van der Waals surface area contributed by atoms with Crippen LogP contribution in [0.2, 0.25) is 0 Å². The minimum absolute atomic E-state index is 0.134. The fourth-order valence-electron chi connectivity index (χ4n) is 3.98. The van der Waals surface area contributed by atoms with Crippen molar-refractivity contribution in [1.82, 2.24) is 14.5 Å². The molecule has 1 saturated heterocycles. The minimum Gasteiger partial charge on any atom is -0.493 e. The maximum absolute atomic E-state index is 12.9. The first-order valence-corrected chi connectivity index (χ1v) is 11.4. The van der Waals surface area contributed by atoms with E-state index >= 15 is 0 Å². The van der Waals surface area contributed by atoms with Crippen molar-refractivity contribution in [3.8, 4) is 11.5 Å². The summed E-state index contributed by atoms with van der Waals surface area (Å²) < 4.78 is 17.3. The average Bonchev–Trinajstić information content (AvgIpc) is 2.89. The van der Waals surface area contributed by atoms with Crippen molar-refractivity contribution < 1.29 is 23.8 Å². The van der Waals surface area contributed by atoms with Gasteiger partial charge < -0.3 is 24.4 Å². The molecule has 0 atom stereocenters. The maximum atomic E-state index is 12.9. The molecule has 1 aliphatic heterocycles. The van der Waals surface area contributed by atoms with E-state index in [1.807, 2.05) is 0 Å². The van der Waals surface area contributed by atoms with Crippen LogP contribution in [0.3, 0.4) is 0 Å². The predicted molar refractivity (Wildman–Crippen MR) is 130 cm³/mol. The van der Waals surface area contributed by atoms with Gasteiger partial charge in [-0.3, -0.25) is 19.0 Å². The molecule has 2 heterocycles. The number of nitrogens with one attached hydrogen (secondary N) is 1. The summed E-state index contributed by atoms with van der Waals surface area (Å²) in [6, 6.07) is 10.2. The monoisotopic (exact) mass is 480 g/mol. The van der Waals surface area contributed by atoms with Gasteiger partial charge in [0, 0.05) is 32.1 Å². The van der Waals surface area contributed by atoms with E-state index in [0.717, 1.165) is 0 Å². The highest BCUT2D eigenvalue weighted by Gasteiger charge is 2.21. The van der Waals surface area contributed by atoms with Crippen LogP contribution in [-0.2, 0) is 16.1 Å². The van der Waals surface area contributed by atoms with E-state index in [-0.39, 0.29) is 23.8 Å². The van der Waals surface area contributed by atoms with E-state index in [0.29, 0.717) is 72.9 Å². The quantitative estimate of drug-likeness (QED) is 0.527. The standard InChI is InChI=1S/C25H28N4O6/c1-33-21-14-18-20(15-22(21)34-2)26-16-29(25(18)32)9-5-8-23(30)27-19-7-4-3-6-17(19)24(31)28-10-12-35-13-11-28/h3-4,6-7,14-16H,5,8-13H2,1-2H3,(H,27,30). The fraction of sp³-hybridized carbons (Fsp3) is 0.360. The molecule has 3 aromatic rings. The van der Waals surface area contributed by atoms with Crippen LogP contribution >= 0.6 is 0 Å². The highest BCUT2D eigenvalue weighted by atomic mass is 16.5. The number of aromatic nitrogens is 2. The van der Waals surface area contributed by atoms with Crippen LogP contribution in [0.4, 0.5) is 5.69 Å². The zero-order valence-corrected chi connectivity index (χ0v) is 19.8. The van der Waals surface area contributed by atoms with Crippen molar-refractivity contribution in [3.63, 3.8) is 0 Å². The third kappa shape index (κ3) is 5.43. The SMILES string of the molecule is COc1cc2ncn(CCCC(=O)Nc3ccccc3C(=O)N3CCOCC3)c(=O)c2cc1OC. The van der Waals surface area contributed by atoms with Crippen LogP contribution in [0.15, 0.2) is 47.5 Å². The highest BCUT2D eigenvalue weighted by molar-refractivity contribution is 6.03. The molecule has 0 radical (unpaired) electrons. The fourth-order valence-corrected chi connectivity index (χ4v) is 3.98. The Hall–Kier alpha value is -3.92. The second kappa shape index (κ2) is 11.0. The first-order valence-electron chi connectivity index (χ1n) is 11.4. The van der Waals surface area contributed by atoms with Gasteiger partial charge in [-0.2, -0.15) is 0 Å². The molecule has 10 nitrogen and oxygen atoms in total. The Balaban J connectivity index is 1.40. The van der Waals surface area contributed by atoms with Crippen molar-refractivity contribution in [1.29, 1.82) is 0 Å². The Morgan fingerprint density at radius 3 is 2.54 bits per heavy atom. The van der Waals surface area contributed by atoms with Gasteiger partial charge in [-0.05, 0) is 24.6 Å². The summed E-state index contributed by atoms with van der Waals surface area (Å²) >= 11 is 0. The van der Waals surface area contributed by atoms with Crippen molar-refractivity contribution >= 4 is 28.4 Å². The summed E-state index contributed by atoms with van der Waals surface area (Å²) in [4.78, 5) is 44.5. The molecule has 2 aromatic carbocycles. The molecule has 1 fully saturated rings. The van der Waals surface area contributed by atoms with Gasteiger partial charge in [0.05, 0.1) is 55.9 Å². The van der Waals surface area contributed by atoms with Crippen molar-refractivity contribution in [2.24, 2.45) is 0 Å². The number of fused-ring (bicyclic) bond motifs is 1. The van der Waals surface area contributed by atoms with Crippen LogP contribution in [-0.4, -0.2) is 66.8 Å². The van der Waals surface area contributed by atoms with Crippen molar-refractivity contribution in [3.05, 3.63) is 58.6 Å². The molecule has 2 amide bonds. The molecule has 4 rings (SSSR count). The lowest BCUT2D eigenvalue weighted by Crippen LogP contribution is -2.41. The van der Waals surface area contributed by atoms with Gasteiger partial charge in [0.15, 0.2) is 11.5 Å². The summed E-state index contributed by atoms with van der Waals surface area (Å²) in [5, 5.41) is 3.25. The highest BCUT2D eigenvalue weighted by Crippen LogP contribution is 2.29. The number of amides is 2. The molecular weight excluding hydrogens is 452 g/mol. The summed E-state index contributed by atoms with van der Waals surface area (Å²) in [6.07, 6.45) is 2.06. The molecule has 0 spiro atoms. The molecule has 1 aliphatic rings. The van der Waals surface area contributed by atoms with Gasteiger partial charge in [0.1, 0.15) is 0 Å². The van der Waals surface area contributed by atoms with Crippen LogP contribution in [0.25, 0.3) is 10.9 Å². The minimum atomic E-state index is -0.236. The van der Waals surface area contributed by atoms with Crippen LogP contribution < -0.4 is 20.3 Å². The van der Waals surface area contributed by atoms with E-state index in [1.165, 1.54) is 25.1 Å². The lowest BCUT2D eigenvalue weighted by Gasteiger charge is -2.27. The van der Waals surface area contributed by atoms with E-state index in [9.17, 15) is 14.4 Å². The summed E-state index contributed by atoms with van der Waals surface area (Å²) in [5.74, 6) is 0.570. The number of morpholine rings is 1. The van der Waals surface area contributed by atoms with Gasteiger partial charge in [-0.25, -0.2) is 4.98 Å². The Morgan fingerprint density at radius 2 is 1.80 bits per heavy atom. The third-order valence-electron chi connectivity index (χ3n) is 5.86. The molecule has 0 aliphatic carbocycles. The number of carbonyl (C=O) groups excluding carboxylic acids is 2. The second-order valence-electron chi connectivity index (χ2n) is 8.07. The van der Waals surface area contributed by atoms with E-state index < -0.39 is 0 Å². The smallest absolute Gasteiger partial charge is 0.261 e. The number of carbonyl (C=O) groups is 2. The lowest BCUT2D eigenvalue weighted by molar-refractivity contribution is -0.116. The summed E-state index contributed by atoms with van der Waals surface area (Å²) in [5.41, 5.74) is 1.20. The number of hydrogen-bond donors (Lipinski definition) is 1. The first kappa shape index (κ1) is 24.2. The van der Waals surface area contributed by atoms with E-state index in [1.54, 1.807) is 41.3 Å². The average molecular weight is 481 g/mol. The zero-order valence-electron chi connectivity index (χ0n) is 19.8. The molecule has 184 valence electrons. The summed E-state index contributed by atoms with van der Waals surface area (Å²) in [6.45, 7) is 2.37. The summed E-state index contributed by atoms with van der Waals surface area (Å²) in [7, 11) is 3.02. The number of rotatable bonds is 8. The van der Waals surface area contributed by atoms with Crippen molar-refractivity contribution in [2.75, 3.05) is 45.8 Å². The van der Waals surface area contributed by atoms with Crippen LogP contribution in [0, 0.1) is 0 Å². The number of nitrogens with zero attached hydrogens (tertiary/aromatic N) is 3. The van der Waals surface area contributed by atoms with Crippen LogP contribution in [0.5, 0.6) is 11.5 Å². The number of aryl methyl sites for hydroxylation is 1.